The van der Waals surface area contributed by atoms with Crippen LogP contribution in [0.3, 0.4) is 0 Å². The van der Waals surface area contributed by atoms with Gasteiger partial charge in [-0.1, -0.05) is 13.0 Å². The number of hydrogen-bond donors (Lipinski definition) is 3. The fourth-order valence-corrected chi connectivity index (χ4v) is 3.86. The molecule has 0 aliphatic carbocycles. The van der Waals surface area contributed by atoms with Crippen LogP contribution >= 0.6 is 0 Å². The second kappa shape index (κ2) is 8.94. The minimum Gasteiger partial charge on any atom is -0.370 e. The van der Waals surface area contributed by atoms with Crippen molar-refractivity contribution < 1.29 is 35.8 Å². The van der Waals surface area contributed by atoms with Gasteiger partial charge in [-0.25, -0.2) is 18.2 Å². The molecule has 3 aromatic rings. The van der Waals surface area contributed by atoms with E-state index < -0.39 is 48.3 Å². The molecule has 2 aromatic heterocycles. The summed E-state index contributed by atoms with van der Waals surface area (Å²) >= 11 is 0. The summed E-state index contributed by atoms with van der Waals surface area (Å²) in [6.07, 6.45) is -7.82. The van der Waals surface area contributed by atoms with Gasteiger partial charge in [-0.05, 0) is 42.3 Å². The molecule has 4 nitrogen and oxygen atoms in total. The monoisotopic (exact) mass is 477 g/mol. The van der Waals surface area contributed by atoms with Gasteiger partial charge in [-0.2, -0.15) is 13.2 Å². The van der Waals surface area contributed by atoms with E-state index in [1.807, 2.05) is 0 Å². The summed E-state index contributed by atoms with van der Waals surface area (Å²) < 4.78 is 94.1. The van der Waals surface area contributed by atoms with Crippen LogP contribution in [0, 0.1) is 12.7 Å². The van der Waals surface area contributed by atoms with Crippen LogP contribution in [0.15, 0.2) is 36.5 Å². The molecule has 1 aromatic carbocycles. The minimum atomic E-state index is -4.65. The molecule has 0 saturated carbocycles. The summed E-state index contributed by atoms with van der Waals surface area (Å²) in [6, 6.07) is 5.70. The van der Waals surface area contributed by atoms with Crippen LogP contribution in [0.2, 0.25) is 0 Å². The maximum atomic E-state index is 14.1. The average molecular weight is 477 g/mol. The molecule has 33 heavy (non-hydrogen) atoms. The van der Waals surface area contributed by atoms with Crippen LogP contribution in [-0.2, 0) is 18.1 Å². The van der Waals surface area contributed by atoms with Crippen LogP contribution in [0.4, 0.5) is 30.7 Å². The Morgan fingerprint density at radius 3 is 2.45 bits per heavy atom. The number of aliphatic hydroxyl groups is 1. The van der Waals surface area contributed by atoms with Gasteiger partial charge in [0.2, 0.25) is 0 Å². The Morgan fingerprint density at radius 2 is 1.85 bits per heavy atom. The third-order valence-corrected chi connectivity index (χ3v) is 5.60. The maximum absolute atomic E-state index is 14.1. The van der Waals surface area contributed by atoms with Crippen LogP contribution in [0.1, 0.15) is 35.9 Å². The van der Waals surface area contributed by atoms with Crippen molar-refractivity contribution in [1.29, 1.82) is 0 Å². The lowest BCUT2D eigenvalue weighted by Gasteiger charge is -2.38. The number of aromatic amines is 1. The van der Waals surface area contributed by atoms with Crippen molar-refractivity contribution in [2.75, 3.05) is 6.67 Å². The van der Waals surface area contributed by atoms with Crippen molar-refractivity contribution in [2.45, 2.75) is 50.6 Å². The first-order valence-corrected chi connectivity index (χ1v) is 9.90. The number of halogens is 7. The summed E-state index contributed by atoms with van der Waals surface area (Å²) in [6.45, 7) is 1.34. The minimum absolute atomic E-state index is 0.141. The first-order chi connectivity index (χ1) is 15.3. The predicted octanol–water partition coefficient (Wildman–Crippen LogP) is 5.39. The molecule has 0 saturated heterocycles. The molecule has 11 heteroatoms. The number of hydrogen-bond acceptors (Lipinski definition) is 3. The third kappa shape index (κ3) is 5.30. The summed E-state index contributed by atoms with van der Waals surface area (Å²) in [7, 11) is 0. The normalized spacial score (nSPS) is 16.2. The van der Waals surface area contributed by atoms with Gasteiger partial charge in [0.25, 0.3) is 6.43 Å². The highest BCUT2D eigenvalue weighted by Gasteiger charge is 2.45. The standard InChI is InChI=1S/C22H22F7N3O/c1-12-3-4-14(24)7-16(12)20(2,11-23)10-21(33,19(25)26)31-8-15-5-13-6-18(22(27,28)29)30-9-17(13)32-15/h3-7,9,19,31-33H,8,10-11H2,1-2H3. The van der Waals surface area contributed by atoms with E-state index >= 15 is 0 Å². The molecule has 0 spiro atoms. The smallest absolute Gasteiger partial charge is 0.370 e. The lowest BCUT2D eigenvalue weighted by molar-refractivity contribution is -0.141. The first kappa shape index (κ1) is 25.0. The molecule has 0 bridgehead atoms. The van der Waals surface area contributed by atoms with Crippen LogP contribution in [-0.4, -0.2) is 33.9 Å². The number of aromatic nitrogens is 2. The van der Waals surface area contributed by atoms with E-state index in [1.165, 1.54) is 19.1 Å². The van der Waals surface area contributed by atoms with Gasteiger partial charge in [-0.15, -0.1) is 0 Å². The quantitative estimate of drug-likeness (QED) is 0.301. The number of alkyl halides is 6. The van der Waals surface area contributed by atoms with E-state index in [0.717, 1.165) is 24.4 Å². The lowest BCUT2D eigenvalue weighted by Crippen LogP contribution is -2.55. The van der Waals surface area contributed by atoms with Crippen LogP contribution in [0.25, 0.3) is 10.9 Å². The van der Waals surface area contributed by atoms with Gasteiger partial charge in [0.05, 0.1) is 18.4 Å². The lowest BCUT2D eigenvalue weighted by atomic mass is 9.75. The Labute approximate surface area is 184 Å². The molecule has 0 aliphatic rings. The number of fused-ring (bicyclic) bond motifs is 1. The largest absolute Gasteiger partial charge is 0.433 e. The number of nitrogens with one attached hydrogen (secondary N) is 2. The summed E-state index contributed by atoms with van der Waals surface area (Å²) in [4.78, 5) is 6.06. The highest BCUT2D eigenvalue weighted by molar-refractivity contribution is 5.80. The summed E-state index contributed by atoms with van der Waals surface area (Å²) in [5, 5.41) is 13.1. The Bertz CT molecular complexity index is 1130. The Morgan fingerprint density at radius 1 is 1.15 bits per heavy atom. The molecule has 2 heterocycles. The molecular weight excluding hydrogens is 455 g/mol. The topological polar surface area (TPSA) is 60.9 Å². The van der Waals surface area contributed by atoms with E-state index in [-0.39, 0.29) is 28.7 Å². The molecule has 180 valence electrons. The molecule has 2 atom stereocenters. The van der Waals surface area contributed by atoms with E-state index in [2.05, 4.69) is 15.3 Å². The van der Waals surface area contributed by atoms with E-state index in [9.17, 15) is 35.8 Å². The summed E-state index contributed by atoms with van der Waals surface area (Å²) in [5.74, 6) is -0.672. The number of aryl methyl sites for hydroxylation is 1. The zero-order valence-corrected chi connectivity index (χ0v) is 17.7. The zero-order chi connectivity index (χ0) is 24.6. The van der Waals surface area contributed by atoms with Gasteiger partial charge in [0, 0.05) is 29.5 Å². The SMILES string of the molecule is Cc1ccc(F)cc1C(C)(CF)CC(O)(NCc1cc2cc(C(F)(F)F)ncc2[nH]1)C(F)F. The van der Waals surface area contributed by atoms with Crippen LogP contribution in [0.5, 0.6) is 0 Å². The molecule has 3 rings (SSSR count). The van der Waals surface area contributed by atoms with E-state index in [0.29, 0.717) is 5.56 Å². The molecule has 0 amide bonds. The molecule has 0 radical (unpaired) electrons. The Kier molecular flexibility index (Phi) is 6.77. The summed E-state index contributed by atoms with van der Waals surface area (Å²) in [5.41, 5.74) is -4.57. The Hall–Kier alpha value is -2.66. The molecule has 0 fully saturated rings. The van der Waals surface area contributed by atoms with Crippen molar-refractivity contribution >= 4 is 10.9 Å². The van der Waals surface area contributed by atoms with Gasteiger partial charge in [0.15, 0.2) is 5.72 Å². The van der Waals surface area contributed by atoms with Crippen molar-refractivity contribution in [2.24, 2.45) is 0 Å². The first-order valence-electron chi connectivity index (χ1n) is 9.90. The maximum Gasteiger partial charge on any atom is 0.433 e. The second-order valence-electron chi connectivity index (χ2n) is 8.36. The number of rotatable bonds is 8. The van der Waals surface area contributed by atoms with Crippen molar-refractivity contribution in [3.05, 3.63) is 64.9 Å². The average Bonchev–Trinajstić information content (AvgIpc) is 3.15. The molecule has 2 unspecified atom stereocenters. The van der Waals surface area contributed by atoms with Gasteiger partial charge >= 0.3 is 6.18 Å². The number of pyridine rings is 1. The van der Waals surface area contributed by atoms with Crippen molar-refractivity contribution in [1.82, 2.24) is 15.3 Å². The van der Waals surface area contributed by atoms with E-state index in [1.54, 1.807) is 6.92 Å². The Balaban J connectivity index is 1.85. The predicted molar refractivity (Wildman–Crippen MR) is 108 cm³/mol. The van der Waals surface area contributed by atoms with Crippen molar-refractivity contribution in [3.8, 4) is 0 Å². The zero-order valence-electron chi connectivity index (χ0n) is 17.7. The molecule has 3 N–H and O–H groups in total. The van der Waals surface area contributed by atoms with E-state index in [4.69, 9.17) is 0 Å². The van der Waals surface area contributed by atoms with Gasteiger partial charge in [-0.3, -0.25) is 9.71 Å². The van der Waals surface area contributed by atoms with Crippen LogP contribution < -0.4 is 5.32 Å². The third-order valence-electron chi connectivity index (χ3n) is 5.60. The molecular formula is C22H22F7N3O. The second-order valence-corrected chi connectivity index (χ2v) is 8.36. The highest BCUT2D eigenvalue weighted by atomic mass is 19.4. The van der Waals surface area contributed by atoms with Crippen molar-refractivity contribution in [3.63, 3.8) is 0 Å². The fourth-order valence-electron chi connectivity index (χ4n) is 3.86. The highest BCUT2D eigenvalue weighted by Crippen LogP contribution is 2.37. The van der Waals surface area contributed by atoms with Gasteiger partial charge < -0.3 is 10.1 Å². The fraction of sp³-hybridized carbons (Fsp3) is 0.409. The van der Waals surface area contributed by atoms with Gasteiger partial charge in [0.1, 0.15) is 11.5 Å². The number of H-pyrrole nitrogens is 1. The number of nitrogens with zero attached hydrogens (tertiary/aromatic N) is 1. The number of benzene rings is 1. The molecule has 0 aliphatic heterocycles.